The quantitative estimate of drug-likeness (QED) is 0.592. The first-order valence-electron chi connectivity index (χ1n) is 3.43. The highest BCUT2D eigenvalue weighted by molar-refractivity contribution is 5.24. The van der Waals surface area contributed by atoms with E-state index >= 15 is 0 Å². The molecule has 1 unspecified atom stereocenters. The smallest absolute Gasteiger partial charge is 0.0262 e. The van der Waals surface area contributed by atoms with Crippen LogP contribution in [0.5, 0.6) is 0 Å². The van der Waals surface area contributed by atoms with Gasteiger partial charge >= 0.3 is 0 Å². The Hall–Kier alpha value is -0.820. The maximum atomic E-state index is 5.63. The summed E-state index contributed by atoms with van der Waals surface area (Å²) in [6.07, 6.45) is 7.60. The van der Waals surface area contributed by atoms with Crippen LogP contribution in [0.4, 0.5) is 0 Å². The van der Waals surface area contributed by atoms with Crippen LogP contribution >= 0.6 is 0 Å². The van der Waals surface area contributed by atoms with E-state index in [1.54, 1.807) is 6.08 Å². The lowest BCUT2D eigenvalue weighted by atomic mass is 10.1. The van der Waals surface area contributed by atoms with Crippen LogP contribution in [0.2, 0.25) is 0 Å². The molecule has 0 aliphatic carbocycles. The van der Waals surface area contributed by atoms with Gasteiger partial charge in [0.15, 0.2) is 0 Å². The summed E-state index contributed by atoms with van der Waals surface area (Å²) in [5.41, 5.74) is 6.77. The Balaban J connectivity index is 4.10. The van der Waals surface area contributed by atoms with E-state index in [-0.39, 0.29) is 6.04 Å². The van der Waals surface area contributed by atoms with Crippen LogP contribution in [0, 0.1) is 0 Å². The van der Waals surface area contributed by atoms with E-state index < -0.39 is 0 Å². The molecule has 0 aromatic heterocycles. The Morgan fingerprint density at radius 3 is 2.50 bits per heavy atom. The molecule has 0 amide bonds. The van der Waals surface area contributed by atoms with E-state index in [1.165, 1.54) is 0 Å². The van der Waals surface area contributed by atoms with Gasteiger partial charge in [0.2, 0.25) is 0 Å². The van der Waals surface area contributed by atoms with Crippen LogP contribution in [-0.4, -0.2) is 6.04 Å². The molecule has 0 heterocycles. The summed E-state index contributed by atoms with van der Waals surface area (Å²) >= 11 is 0. The SMILES string of the molecule is C=CC=CC(=CC)C(C)N. The molecule has 56 valence electrons. The first kappa shape index (κ1) is 9.18. The van der Waals surface area contributed by atoms with Gasteiger partial charge in [-0.1, -0.05) is 30.9 Å². The zero-order valence-corrected chi connectivity index (χ0v) is 6.67. The second-order valence-corrected chi connectivity index (χ2v) is 2.17. The van der Waals surface area contributed by atoms with Gasteiger partial charge in [-0.2, -0.15) is 0 Å². The molecule has 0 aromatic carbocycles. The number of allylic oxidation sites excluding steroid dienone is 3. The van der Waals surface area contributed by atoms with Crippen molar-refractivity contribution in [2.24, 2.45) is 5.73 Å². The fourth-order valence-corrected chi connectivity index (χ4v) is 0.690. The Morgan fingerprint density at radius 2 is 2.20 bits per heavy atom. The van der Waals surface area contributed by atoms with Crippen molar-refractivity contribution in [2.45, 2.75) is 19.9 Å². The monoisotopic (exact) mass is 137 g/mol. The molecular weight excluding hydrogens is 122 g/mol. The van der Waals surface area contributed by atoms with Gasteiger partial charge < -0.3 is 5.73 Å². The fourth-order valence-electron chi connectivity index (χ4n) is 0.690. The summed E-state index contributed by atoms with van der Waals surface area (Å²) in [7, 11) is 0. The molecule has 0 rings (SSSR count). The van der Waals surface area contributed by atoms with Gasteiger partial charge in [-0.15, -0.1) is 0 Å². The average Bonchev–Trinajstić information content (AvgIpc) is 1.89. The van der Waals surface area contributed by atoms with E-state index in [9.17, 15) is 0 Å². The van der Waals surface area contributed by atoms with Crippen molar-refractivity contribution in [3.05, 3.63) is 36.5 Å². The van der Waals surface area contributed by atoms with E-state index in [1.807, 2.05) is 32.1 Å². The topological polar surface area (TPSA) is 26.0 Å². The third-order valence-corrected chi connectivity index (χ3v) is 1.28. The van der Waals surface area contributed by atoms with Crippen LogP contribution < -0.4 is 5.73 Å². The minimum absolute atomic E-state index is 0.112. The molecule has 1 heteroatoms. The predicted octanol–water partition coefficient (Wildman–Crippen LogP) is 2.02. The summed E-state index contributed by atoms with van der Waals surface area (Å²) in [5, 5.41) is 0. The van der Waals surface area contributed by atoms with Crippen LogP contribution in [0.3, 0.4) is 0 Å². The maximum Gasteiger partial charge on any atom is 0.0262 e. The van der Waals surface area contributed by atoms with E-state index in [0.29, 0.717) is 0 Å². The largest absolute Gasteiger partial charge is 0.324 e. The van der Waals surface area contributed by atoms with E-state index in [4.69, 9.17) is 5.73 Å². The number of hydrogen-bond donors (Lipinski definition) is 1. The van der Waals surface area contributed by atoms with Crippen molar-refractivity contribution in [3.63, 3.8) is 0 Å². The van der Waals surface area contributed by atoms with Gasteiger partial charge in [0.1, 0.15) is 0 Å². The second-order valence-electron chi connectivity index (χ2n) is 2.17. The Labute approximate surface area is 62.9 Å². The molecular formula is C9H15N. The van der Waals surface area contributed by atoms with Crippen molar-refractivity contribution in [3.8, 4) is 0 Å². The van der Waals surface area contributed by atoms with Gasteiger partial charge in [0, 0.05) is 6.04 Å². The number of hydrogen-bond acceptors (Lipinski definition) is 1. The van der Waals surface area contributed by atoms with Crippen LogP contribution in [0.1, 0.15) is 13.8 Å². The van der Waals surface area contributed by atoms with Crippen molar-refractivity contribution in [1.82, 2.24) is 0 Å². The standard InChI is InChI=1S/C9H15N/c1-4-6-7-9(5-2)8(3)10/h4-8H,1,10H2,2-3H3. The van der Waals surface area contributed by atoms with Gasteiger partial charge in [0.25, 0.3) is 0 Å². The molecule has 0 radical (unpaired) electrons. The zero-order chi connectivity index (χ0) is 7.98. The van der Waals surface area contributed by atoms with Gasteiger partial charge in [0.05, 0.1) is 0 Å². The average molecular weight is 137 g/mol. The lowest BCUT2D eigenvalue weighted by Crippen LogP contribution is -2.16. The molecule has 0 saturated carbocycles. The second kappa shape index (κ2) is 5.00. The predicted molar refractivity (Wildman–Crippen MR) is 46.7 cm³/mol. The molecule has 0 fully saturated rings. The lowest BCUT2D eigenvalue weighted by molar-refractivity contribution is 0.883. The number of nitrogens with two attached hydrogens (primary N) is 1. The Morgan fingerprint density at radius 1 is 1.60 bits per heavy atom. The highest BCUT2D eigenvalue weighted by Crippen LogP contribution is 2.00. The normalized spacial score (nSPS) is 15.7. The molecule has 2 N–H and O–H groups in total. The molecule has 0 aliphatic rings. The van der Waals surface area contributed by atoms with Crippen LogP contribution in [0.15, 0.2) is 36.5 Å². The molecule has 0 spiro atoms. The van der Waals surface area contributed by atoms with E-state index in [2.05, 4.69) is 6.58 Å². The van der Waals surface area contributed by atoms with Crippen LogP contribution in [0.25, 0.3) is 0 Å². The van der Waals surface area contributed by atoms with E-state index in [0.717, 1.165) is 5.57 Å². The summed E-state index contributed by atoms with van der Waals surface area (Å²) in [6.45, 7) is 7.51. The molecule has 0 aromatic rings. The zero-order valence-electron chi connectivity index (χ0n) is 6.67. The fraction of sp³-hybridized carbons (Fsp3) is 0.333. The summed E-state index contributed by atoms with van der Waals surface area (Å²) in [4.78, 5) is 0. The highest BCUT2D eigenvalue weighted by Gasteiger charge is 1.94. The molecule has 1 atom stereocenters. The van der Waals surface area contributed by atoms with Crippen molar-refractivity contribution < 1.29 is 0 Å². The van der Waals surface area contributed by atoms with Crippen LogP contribution in [-0.2, 0) is 0 Å². The van der Waals surface area contributed by atoms with Crippen molar-refractivity contribution in [2.75, 3.05) is 0 Å². The molecule has 0 bridgehead atoms. The Bertz CT molecular complexity index is 152. The van der Waals surface area contributed by atoms with Crippen molar-refractivity contribution in [1.29, 1.82) is 0 Å². The summed E-state index contributed by atoms with van der Waals surface area (Å²) in [5.74, 6) is 0. The minimum Gasteiger partial charge on any atom is -0.324 e. The van der Waals surface area contributed by atoms with Crippen molar-refractivity contribution >= 4 is 0 Å². The third-order valence-electron chi connectivity index (χ3n) is 1.28. The third kappa shape index (κ3) is 3.25. The minimum atomic E-state index is 0.112. The summed E-state index contributed by atoms with van der Waals surface area (Å²) < 4.78 is 0. The lowest BCUT2D eigenvalue weighted by Gasteiger charge is -2.03. The number of rotatable bonds is 3. The molecule has 1 nitrogen and oxygen atoms in total. The van der Waals surface area contributed by atoms with Gasteiger partial charge in [-0.25, -0.2) is 0 Å². The molecule has 0 aliphatic heterocycles. The molecule has 10 heavy (non-hydrogen) atoms. The summed E-state index contributed by atoms with van der Waals surface area (Å²) in [6, 6.07) is 0.112. The van der Waals surface area contributed by atoms with Gasteiger partial charge in [-0.3, -0.25) is 0 Å². The maximum absolute atomic E-state index is 5.63. The van der Waals surface area contributed by atoms with Gasteiger partial charge in [-0.05, 0) is 19.4 Å². The highest BCUT2D eigenvalue weighted by atomic mass is 14.6. The Kier molecular flexibility index (Phi) is 4.59. The molecule has 0 saturated heterocycles. The first-order chi connectivity index (χ1) is 4.72. The first-order valence-corrected chi connectivity index (χ1v) is 3.43.